The maximum atomic E-state index is 14.0. The molecule has 1 N–H and O–H groups in total. The molecule has 1 unspecified atom stereocenters. The Bertz CT molecular complexity index is 566. The van der Waals surface area contributed by atoms with E-state index in [2.05, 4.69) is 24.1 Å². The molecule has 0 amide bonds. The van der Waals surface area contributed by atoms with Crippen molar-refractivity contribution in [2.24, 2.45) is 0 Å². The lowest BCUT2D eigenvalue weighted by Gasteiger charge is -2.15. The molecule has 0 saturated heterocycles. The standard InChI is InChI=1S/C16H19FN2/c1-4-19-12(3)13-5-6-16(17)14(9-13)15-10-18-8-7-11(15)2/h5-10,12,19H,4H2,1-3H3. The van der Waals surface area contributed by atoms with E-state index in [9.17, 15) is 4.39 Å². The second-order valence-corrected chi connectivity index (χ2v) is 4.71. The molecule has 0 bridgehead atoms. The van der Waals surface area contributed by atoms with Crippen LogP contribution < -0.4 is 5.32 Å². The smallest absolute Gasteiger partial charge is 0.131 e. The van der Waals surface area contributed by atoms with E-state index in [0.717, 1.165) is 23.2 Å². The first-order valence-corrected chi connectivity index (χ1v) is 6.57. The maximum Gasteiger partial charge on any atom is 0.131 e. The molecule has 0 aliphatic rings. The Hall–Kier alpha value is -1.74. The van der Waals surface area contributed by atoms with Crippen molar-refractivity contribution in [1.29, 1.82) is 0 Å². The molecule has 1 aromatic heterocycles. The Morgan fingerprint density at radius 3 is 2.74 bits per heavy atom. The topological polar surface area (TPSA) is 24.9 Å². The van der Waals surface area contributed by atoms with Gasteiger partial charge in [-0.3, -0.25) is 4.98 Å². The fraction of sp³-hybridized carbons (Fsp3) is 0.312. The van der Waals surface area contributed by atoms with Gasteiger partial charge in [0.05, 0.1) is 0 Å². The van der Waals surface area contributed by atoms with Crippen molar-refractivity contribution >= 4 is 0 Å². The van der Waals surface area contributed by atoms with Crippen LogP contribution in [0.15, 0.2) is 36.7 Å². The highest BCUT2D eigenvalue weighted by molar-refractivity contribution is 5.67. The van der Waals surface area contributed by atoms with Crippen LogP contribution in [0.3, 0.4) is 0 Å². The highest BCUT2D eigenvalue weighted by atomic mass is 19.1. The highest BCUT2D eigenvalue weighted by Gasteiger charge is 2.11. The van der Waals surface area contributed by atoms with E-state index >= 15 is 0 Å². The molecule has 100 valence electrons. The quantitative estimate of drug-likeness (QED) is 0.900. The lowest BCUT2D eigenvalue weighted by atomic mass is 9.98. The van der Waals surface area contributed by atoms with Gasteiger partial charge in [-0.1, -0.05) is 13.0 Å². The van der Waals surface area contributed by atoms with E-state index in [4.69, 9.17) is 0 Å². The molecule has 1 atom stereocenters. The molecule has 2 aromatic rings. The Balaban J connectivity index is 2.46. The lowest BCUT2D eigenvalue weighted by Crippen LogP contribution is -2.17. The zero-order valence-corrected chi connectivity index (χ0v) is 11.6. The summed E-state index contributed by atoms with van der Waals surface area (Å²) in [5.74, 6) is -0.205. The first-order valence-electron chi connectivity index (χ1n) is 6.57. The molecule has 0 aliphatic carbocycles. The molecule has 3 heteroatoms. The van der Waals surface area contributed by atoms with Crippen LogP contribution in [0, 0.1) is 12.7 Å². The minimum Gasteiger partial charge on any atom is -0.310 e. The molecule has 0 aliphatic heterocycles. The monoisotopic (exact) mass is 258 g/mol. The van der Waals surface area contributed by atoms with Crippen LogP contribution in [0.4, 0.5) is 4.39 Å². The predicted molar refractivity (Wildman–Crippen MR) is 76.5 cm³/mol. The van der Waals surface area contributed by atoms with Crippen LogP contribution in [-0.2, 0) is 0 Å². The minimum absolute atomic E-state index is 0.205. The Morgan fingerprint density at radius 2 is 2.05 bits per heavy atom. The van der Waals surface area contributed by atoms with Gasteiger partial charge < -0.3 is 5.32 Å². The van der Waals surface area contributed by atoms with E-state index in [1.54, 1.807) is 12.4 Å². The van der Waals surface area contributed by atoms with Crippen molar-refractivity contribution in [3.63, 3.8) is 0 Å². The number of pyridine rings is 1. The third-order valence-corrected chi connectivity index (χ3v) is 3.33. The highest BCUT2D eigenvalue weighted by Crippen LogP contribution is 2.28. The van der Waals surface area contributed by atoms with E-state index < -0.39 is 0 Å². The average molecular weight is 258 g/mol. The summed E-state index contributed by atoms with van der Waals surface area (Å²) in [4.78, 5) is 4.09. The first-order chi connectivity index (χ1) is 9.13. The Kier molecular flexibility index (Phi) is 4.27. The SMILES string of the molecule is CCNC(C)c1ccc(F)c(-c2cnccc2C)c1. The second kappa shape index (κ2) is 5.93. The largest absolute Gasteiger partial charge is 0.310 e. The number of nitrogens with zero attached hydrogens (tertiary/aromatic N) is 1. The van der Waals surface area contributed by atoms with Crippen molar-refractivity contribution in [2.45, 2.75) is 26.8 Å². The lowest BCUT2D eigenvalue weighted by molar-refractivity contribution is 0.592. The van der Waals surface area contributed by atoms with Crippen molar-refractivity contribution in [2.75, 3.05) is 6.54 Å². The Labute approximate surface area is 113 Å². The molecule has 0 saturated carbocycles. The molecule has 0 radical (unpaired) electrons. The molecule has 0 fully saturated rings. The number of hydrogen-bond acceptors (Lipinski definition) is 2. The summed E-state index contributed by atoms with van der Waals surface area (Å²) >= 11 is 0. The van der Waals surface area contributed by atoms with Gasteiger partial charge in [-0.25, -0.2) is 4.39 Å². The zero-order valence-electron chi connectivity index (χ0n) is 11.6. The fourth-order valence-electron chi connectivity index (χ4n) is 2.19. The summed E-state index contributed by atoms with van der Waals surface area (Å²) in [7, 11) is 0. The van der Waals surface area contributed by atoms with E-state index in [-0.39, 0.29) is 11.9 Å². The van der Waals surface area contributed by atoms with Gasteiger partial charge in [0.2, 0.25) is 0 Å². The van der Waals surface area contributed by atoms with Crippen LogP contribution in [0.25, 0.3) is 11.1 Å². The zero-order chi connectivity index (χ0) is 13.8. The number of aromatic nitrogens is 1. The molecule has 0 spiro atoms. The maximum absolute atomic E-state index is 14.0. The number of aryl methyl sites for hydroxylation is 1. The van der Waals surface area contributed by atoms with Crippen LogP contribution in [-0.4, -0.2) is 11.5 Å². The summed E-state index contributed by atoms with van der Waals surface area (Å²) in [6.07, 6.45) is 3.44. The molecular formula is C16H19FN2. The summed E-state index contributed by atoms with van der Waals surface area (Å²) in [5.41, 5.74) is 3.59. The van der Waals surface area contributed by atoms with E-state index in [1.165, 1.54) is 6.07 Å². The third kappa shape index (κ3) is 2.99. The van der Waals surface area contributed by atoms with E-state index in [0.29, 0.717) is 5.56 Å². The van der Waals surface area contributed by atoms with Gasteiger partial charge in [0.1, 0.15) is 5.82 Å². The number of hydrogen-bond donors (Lipinski definition) is 1. The molecular weight excluding hydrogens is 239 g/mol. The third-order valence-electron chi connectivity index (χ3n) is 3.33. The van der Waals surface area contributed by atoms with Crippen molar-refractivity contribution in [3.05, 3.63) is 53.6 Å². The van der Waals surface area contributed by atoms with Crippen molar-refractivity contribution in [1.82, 2.24) is 10.3 Å². The number of rotatable bonds is 4. The minimum atomic E-state index is -0.205. The average Bonchev–Trinajstić information content (AvgIpc) is 2.40. The van der Waals surface area contributed by atoms with E-state index in [1.807, 2.05) is 25.1 Å². The normalized spacial score (nSPS) is 12.4. The summed E-state index contributed by atoms with van der Waals surface area (Å²) in [6.45, 7) is 7.00. The first kappa shape index (κ1) is 13.7. The predicted octanol–water partition coefficient (Wildman–Crippen LogP) is 3.87. The summed E-state index contributed by atoms with van der Waals surface area (Å²) in [5, 5.41) is 3.34. The second-order valence-electron chi connectivity index (χ2n) is 4.71. The van der Waals surface area contributed by atoms with Gasteiger partial charge in [0, 0.05) is 29.6 Å². The van der Waals surface area contributed by atoms with Gasteiger partial charge >= 0.3 is 0 Å². The van der Waals surface area contributed by atoms with Crippen molar-refractivity contribution in [3.8, 4) is 11.1 Å². The van der Waals surface area contributed by atoms with Crippen LogP contribution in [0.5, 0.6) is 0 Å². The van der Waals surface area contributed by atoms with Crippen LogP contribution in [0.1, 0.15) is 31.0 Å². The fourth-order valence-corrected chi connectivity index (χ4v) is 2.19. The Morgan fingerprint density at radius 1 is 1.26 bits per heavy atom. The van der Waals surface area contributed by atoms with Gasteiger partial charge in [0.15, 0.2) is 0 Å². The molecule has 19 heavy (non-hydrogen) atoms. The number of halogens is 1. The van der Waals surface area contributed by atoms with Gasteiger partial charge in [0.25, 0.3) is 0 Å². The molecule has 2 rings (SSSR count). The number of benzene rings is 1. The molecule has 2 nitrogen and oxygen atoms in total. The van der Waals surface area contributed by atoms with Gasteiger partial charge in [-0.2, -0.15) is 0 Å². The van der Waals surface area contributed by atoms with Gasteiger partial charge in [-0.05, 0) is 49.7 Å². The summed E-state index contributed by atoms with van der Waals surface area (Å²) < 4.78 is 14.0. The van der Waals surface area contributed by atoms with Crippen molar-refractivity contribution < 1.29 is 4.39 Å². The summed E-state index contributed by atoms with van der Waals surface area (Å²) in [6, 6.07) is 7.38. The van der Waals surface area contributed by atoms with Crippen LogP contribution >= 0.6 is 0 Å². The molecule has 1 heterocycles. The molecule has 1 aromatic carbocycles. The number of nitrogens with one attached hydrogen (secondary N) is 1. The van der Waals surface area contributed by atoms with Gasteiger partial charge in [-0.15, -0.1) is 0 Å². The van der Waals surface area contributed by atoms with Crippen LogP contribution in [0.2, 0.25) is 0 Å².